The quantitative estimate of drug-likeness (QED) is 0.354. The summed E-state index contributed by atoms with van der Waals surface area (Å²) in [7, 11) is 0. The van der Waals surface area contributed by atoms with Crippen LogP contribution in [0.4, 0.5) is 0 Å². The fraction of sp³-hybridized carbons (Fsp3) is 0.0455. The van der Waals surface area contributed by atoms with Crippen molar-refractivity contribution in [3.63, 3.8) is 0 Å². The molecular formula is C22H14Cl3NO3. The molecule has 4 nitrogen and oxygen atoms in total. The predicted molar refractivity (Wildman–Crippen MR) is 116 cm³/mol. The van der Waals surface area contributed by atoms with Crippen LogP contribution in [-0.4, -0.2) is 15.6 Å². The Morgan fingerprint density at radius 2 is 1.62 bits per heavy atom. The summed E-state index contributed by atoms with van der Waals surface area (Å²) in [6.07, 6.45) is 0. The second kappa shape index (κ2) is 7.99. The minimum atomic E-state index is -1.12. The molecule has 1 N–H and O–H groups in total. The van der Waals surface area contributed by atoms with Crippen molar-refractivity contribution in [2.75, 3.05) is 0 Å². The standard InChI is InChI=1S/C22H14Cl3NO3/c23-14-8-9-19-17(10-14)21(29-16-4-2-1-3-5-16)20(22(27)28)26(19)12-13-6-7-15(24)11-18(13)25/h1-11H,12H2,(H,27,28). The van der Waals surface area contributed by atoms with Crippen molar-refractivity contribution in [2.24, 2.45) is 0 Å². The molecule has 146 valence electrons. The molecule has 0 aliphatic heterocycles. The SMILES string of the molecule is O=C(O)c1c(Oc2ccccc2)c2cc(Cl)ccc2n1Cc1ccc(Cl)cc1Cl. The number of carboxylic acid groups (broad SMARTS) is 1. The Bertz CT molecular complexity index is 1220. The molecule has 1 heterocycles. The van der Waals surface area contributed by atoms with Crippen molar-refractivity contribution in [2.45, 2.75) is 6.54 Å². The van der Waals surface area contributed by atoms with Crippen molar-refractivity contribution in [1.29, 1.82) is 0 Å². The molecule has 0 atom stereocenters. The summed E-state index contributed by atoms with van der Waals surface area (Å²) in [6.45, 7) is 0.230. The summed E-state index contributed by atoms with van der Waals surface area (Å²) < 4.78 is 7.65. The molecule has 1 aromatic heterocycles. The third kappa shape index (κ3) is 3.92. The summed E-state index contributed by atoms with van der Waals surface area (Å²) in [6, 6.07) is 19.3. The summed E-state index contributed by atoms with van der Waals surface area (Å²) in [4.78, 5) is 12.2. The Morgan fingerprint density at radius 3 is 2.31 bits per heavy atom. The van der Waals surface area contributed by atoms with Gasteiger partial charge in [0, 0.05) is 20.5 Å². The monoisotopic (exact) mass is 445 g/mol. The summed E-state index contributed by atoms with van der Waals surface area (Å²) in [5.41, 5.74) is 1.41. The molecule has 4 aromatic rings. The highest BCUT2D eigenvalue weighted by atomic mass is 35.5. The van der Waals surface area contributed by atoms with Crippen LogP contribution in [0.2, 0.25) is 15.1 Å². The summed E-state index contributed by atoms with van der Waals surface area (Å²) in [5.74, 6) is -0.363. The van der Waals surface area contributed by atoms with Crippen LogP contribution in [0.1, 0.15) is 16.1 Å². The van der Waals surface area contributed by atoms with E-state index in [-0.39, 0.29) is 18.0 Å². The fourth-order valence-electron chi connectivity index (χ4n) is 3.20. The smallest absolute Gasteiger partial charge is 0.356 e. The molecule has 4 rings (SSSR count). The molecule has 0 fully saturated rings. The van der Waals surface area contributed by atoms with Gasteiger partial charge in [-0.05, 0) is 48.0 Å². The van der Waals surface area contributed by atoms with E-state index in [4.69, 9.17) is 39.5 Å². The minimum Gasteiger partial charge on any atom is -0.476 e. The van der Waals surface area contributed by atoms with Crippen molar-refractivity contribution in [3.8, 4) is 11.5 Å². The van der Waals surface area contributed by atoms with Gasteiger partial charge in [-0.25, -0.2) is 4.79 Å². The number of aromatic nitrogens is 1. The van der Waals surface area contributed by atoms with Crippen molar-refractivity contribution >= 4 is 51.7 Å². The zero-order chi connectivity index (χ0) is 20.5. The number of para-hydroxylation sites is 1. The number of benzene rings is 3. The molecule has 0 bridgehead atoms. The molecule has 0 saturated heterocycles. The van der Waals surface area contributed by atoms with Gasteiger partial charge in [-0.3, -0.25) is 0 Å². The first-order valence-electron chi connectivity index (χ1n) is 8.66. The van der Waals surface area contributed by atoms with E-state index in [1.807, 2.05) is 18.2 Å². The molecule has 0 saturated carbocycles. The molecule has 0 amide bonds. The number of hydrogen-bond acceptors (Lipinski definition) is 2. The van der Waals surface area contributed by atoms with Crippen LogP contribution < -0.4 is 4.74 Å². The van der Waals surface area contributed by atoms with Gasteiger partial charge in [-0.2, -0.15) is 0 Å². The van der Waals surface area contributed by atoms with E-state index in [0.29, 0.717) is 31.7 Å². The molecule has 0 aliphatic carbocycles. The van der Waals surface area contributed by atoms with E-state index in [2.05, 4.69) is 0 Å². The van der Waals surface area contributed by atoms with Crippen LogP contribution in [0, 0.1) is 0 Å². The number of carboxylic acids is 1. The Morgan fingerprint density at radius 1 is 0.931 bits per heavy atom. The molecule has 3 aromatic carbocycles. The predicted octanol–water partition coefficient (Wildman–Crippen LogP) is 7.14. The van der Waals surface area contributed by atoms with Gasteiger partial charge in [-0.1, -0.05) is 59.1 Å². The zero-order valence-corrected chi connectivity index (χ0v) is 17.2. The summed E-state index contributed by atoms with van der Waals surface area (Å²) >= 11 is 18.5. The minimum absolute atomic E-state index is 0.0112. The summed E-state index contributed by atoms with van der Waals surface area (Å²) in [5, 5.41) is 12.0. The lowest BCUT2D eigenvalue weighted by Gasteiger charge is -2.11. The topological polar surface area (TPSA) is 51.5 Å². The number of hydrogen-bond donors (Lipinski definition) is 1. The Kier molecular flexibility index (Phi) is 5.41. The van der Waals surface area contributed by atoms with Crippen LogP contribution in [0.3, 0.4) is 0 Å². The van der Waals surface area contributed by atoms with E-state index in [1.54, 1.807) is 53.1 Å². The number of aromatic carboxylic acids is 1. The van der Waals surface area contributed by atoms with E-state index in [0.717, 1.165) is 5.56 Å². The number of carbonyl (C=O) groups is 1. The fourth-order valence-corrected chi connectivity index (χ4v) is 3.84. The number of fused-ring (bicyclic) bond motifs is 1. The van der Waals surface area contributed by atoms with Crippen LogP contribution in [0.15, 0.2) is 66.7 Å². The molecule has 0 spiro atoms. The van der Waals surface area contributed by atoms with Gasteiger partial charge in [0.25, 0.3) is 0 Å². The highest BCUT2D eigenvalue weighted by Crippen LogP contribution is 2.39. The Hall–Kier alpha value is -2.66. The Balaban J connectivity index is 1.93. The van der Waals surface area contributed by atoms with E-state index >= 15 is 0 Å². The first-order chi connectivity index (χ1) is 13.9. The third-order valence-corrected chi connectivity index (χ3v) is 5.31. The van der Waals surface area contributed by atoms with Crippen LogP contribution in [0.25, 0.3) is 10.9 Å². The van der Waals surface area contributed by atoms with Crippen molar-refractivity contribution < 1.29 is 14.6 Å². The zero-order valence-electron chi connectivity index (χ0n) is 14.9. The van der Waals surface area contributed by atoms with Crippen LogP contribution in [0.5, 0.6) is 11.5 Å². The molecule has 0 unspecified atom stereocenters. The average molecular weight is 447 g/mol. The lowest BCUT2D eigenvalue weighted by molar-refractivity contribution is 0.0683. The van der Waals surface area contributed by atoms with Gasteiger partial charge >= 0.3 is 5.97 Å². The normalized spacial score (nSPS) is 11.0. The maximum atomic E-state index is 12.2. The maximum absolute atomic E-state index is 12.2. The van der Waals surface area contributed by atoms with Gasteiger partial charge in [0.05, 0.1) is 12.1 Å². The van der Waals surface area contributed by atoms with Crippen molar-refractivity contribution in [1.82, 2.24) is 4.57 Å². The van der Waals surface area contributed by atoms with Crippen LogP contribution >= 0.6 is 34.8 Å². The van der Waals surface area contributed by atoms with Crippen molar-refractivity contribution in [3.05, 3.63) is 93.1 Å². The maximum Gasteiger partial charge on any atom is 0.356 e. The highest BCUT2D eigenvalue weighted by molar-refractivity contribution is 6.35. The highest BCUT2D eigenvalue weighted by Gasteiger charge is 2.25. The molecule has 0 radical (unpaired) electrons. The van der Waals surface area contributed by atoms with E-state index < -0.39 is 5.97 Å². The number of ether oxygens (including phenoxy) is 1. The van der Waals surface area contributed by atoms with Crippen LogP contribution in [-0.2, 0) is 6.54 Å². The molecule has 7 heteroatoms. The first kappa shape index (κ1) is 19.6. The molecule has 29 heavy (non-hydrogen) atoms. The first-order valence-corrected chi connectivity index (χ1v) is 9.79. The second-order valence-corrected chi connectivity index (χ2v) is 7.66. The Labute approximate surface area is 181 Å². The van der Waals surface area contributed by atoms with Gasteiger partial charge in [0.1, 0.15) is 5.75 Å². The van der Waals surface area contributed by atoms with E-state index in [9.17, 15) is 9.90 Å². The number of rotatable bonds is 5. The molecule has 0 aliphatic rings. The van der Waals surface area contributed by atoms with Gasteiger partial charge in [-0.15, -0.1) is 0 Å². The van der Waals surface area contributed by atoms with Gasteiger partial charge < -0.3 is 14.4 Å². The lowest BCUT2D eigenvalue weighted by atomic mass is 10.2. The van der Waals surface area contributed by atoms with E-state index in [1.165, 1.54) is 0 Å². The van der Waals surface area contributed by atoms with Gasteiger partial charge in [0.2, 0.25) is 0 Å². The molecular weight excluding hydrogens is 433 g/mol. The average Bonchev–Trinajstić information content (AvgIpc) is 2.97. The van der Waals surface area contributed by atoms with Gasteiger partial charge in [0.15, 0.2) is 11.4 Å². The number of halogens is 3. The lowest BCUT2D eigenvalue weighted by Crippen LogP contribution is -2.10. The largest absolute Gasteiger partial charge is 0.476 e. The second-order valence-electron chi connectivity index (χ2n) is 6.38. The number of nitrogens with zero attached hydrogens (tertiary/aromatic N) is 1. The third-order valence-electron chi connectivity index (χ3n) is 4.49.